The van der Waals surface area contributed by atoms with Crippen LogP contribution >= 0.6 is 0 Å². The van der Waals surface area contributed by atoms with Gasteiger partial charge in [0, 0.05) is 18.5 Å². The molecule has 0 bridgehead atoms. The third-order valence-corrected chi connectivity index (χ3v) is 5.30. The van der Waals surface area contributed by atoms with Gasteiger partial charge in [0.05, 0.1) is 12.6 Å². The van der Waals surface area contributed by atoms with Crippen LogP contribution in [-0.2, 0) is 25.7 Å². The van der Waals surface area contributed by atoms with Gasteiger partial charge < -0.3 is 25.4 Å². The highest BCUT2D eigenvalue weighted by Crippen LogP contribution is 2.12. The second kappa shape index (κ2) is 13.6. The van der Waals surface area contributed by atoms with E-state index in [4.69, 9.17) is 5.11 Å². The molecule has 0 saturated heterocycles. The summed E-state index contributed by atoms with van der Waals surface area (Å²) in [5.41, 5.74) is 1.19. The van der Waals surface area contributed by atoms with Gasteiger partial charge in [-0.25, -0.2) is 0 Å². The van der Waals surface area contributed by atoms with E-state index < -0.39 is 35.8 Å². The molecule has 2 atom stereocenters. The first-order valence-corrected chi connectivity index (χ1v) is 11.4. The Morgan fingerprint density at radius 3 is 2.09 bits per heavy atom. The summed E-state index contributed by atoms with van der Waals surface area (Å²) < 4.78 is 0. The van der Waals surface area contributed by atoms with Crippen molar-refractivity contribution in [2.24, 2.45) is 5.92 Å². The van der Waals surface area contributed by atoms with Crippen molar-refractivity contribution < 1.29 is 29.1 Å². The van der Waals surface area contributed by atoms with Crippen LogP contribution in [0.15, 0.2) is 60.7 Å². The summed E-state index contributed by atoms with van der Waals surface area (Å²) in [5.74, 6) is -2.81. The van der Waals surface area contributed by atoms with Crippen LogP contribution < -0.4 is 10.6 Å². The number of carbonyl (C=O) groups excluding carboxylic acids is 4. The van der Waals surface area contributed by atoms with E-state index in [2.05, 4.69) is 10.6 Å². The van der Waals surface area contributed by atoms with Gasteiger partial charge in [0.2, 0.25) is 11.8 Å². The van der Waals surface area contributed by atoms with E-state index in [1.807, 2.05) is 30.3 Å². The van der Waals surface area contributed by atoms with E-state index in [0.29, 0.717) is 11.8 Å². The monoisotopic (exact) mass is 481 g/mol. The summed E-state index contributed by atoms with van der Waals surface area (Å²) in [6.07, 6.45) is 0.136. The highest BCUT2D eigenvalue weighted by Gasteiger charge is 2.30. The number of aliphatic carboxylic acids is 1. The van der Waals surface area contributed by atoms with Crippen molar-refractivity contribution in [1.82, 2.24) is 15.5 Å². The van der Waals surface area contributed by atoms with E-state index in [1.165, 1.54) is 4.90 Å². The lowest BCUT2D eigenvalue weighted by Crippen LogP contribution is -2.53. The lowest BCUT2D eigenvalue weighted by Gasteiger charge is -2.30. The quantitative estimate of drug-likeness (QED) is 0.375. The Morgan fingerprint density at radius 1 is 0.943 bits per heavy atom. The van der Waals surface area contributed by atoms with E-state index >= 15 is 0 Å². The Morgan fingerprint density at radius 2 is 1.54 bits per heavy atom. The first-order valence-electron chi connectivity index (χ1n) is 11.4. The molecule has 0 fully saturated rings. The predicted molar refractivity (Wildman–Crippen MR) is 129 cm³/mol. The second-order valence-electron chi connectivity index (χ2n) is 8.48. The number of amides is 3. The van der Waals surface area contributed by atoms with Crippen molar-refractivity contribution in [3.05, 3.63) is 71.8 Å². The number of carboxylic acid groups (broad SMARTS) is 1. The number of nitrogens with zero attached hydrogens (tertiary/aromatic N) is 1. The highest BCUT2D eigenvalue weighted by atomic mass is 16.4. The van der Waals surface area contributed by atoms with E-state index in [1.54, 1.807) is 44.2 Å². The molecule has 2 aromatic carbocycles. The number of carbonyl (C=O) groups is 5. The molecule has 3 amide bonds. The Hall–Kier alpha value is -4.01. The van der Waals surface area contributed by atoms with Gasteiger partial charge in [-0.05, 0) is 30.0 Å². The molecule has 2 rings (SSSR count). The van der Waals surface area contributed by atoms with Gasteiger partial charge in [-0.15, -0.1) is 0 Å². The Balaban J connectivity index is 2.20. The molecule has 3 N–H and O–H groups in total. The van der Waals surface area contributed by atoms with Crippen molar-refractivity contribution >= 4 is 30.0 Å². The van der Waals surface area contributed by atoms with Gasteiger partial charge in [0.1, 0.15) is 12.3 Å². The molecule has 9 heteroatoms. The molecule has 0 aliphatic rings. The zero-order valence-corrected chi connectivity index (χ0v) is 19.8. The van der Waals surface area contributed by atoms with Crippen LogP contribution in [0.5, 0.6) is 0 Å². The topological polar surface area (TPSA) is 133 Å². The number of rotatable bonds is 13. The predicted octanol–water partition coefficient (Wildman–Crippen LogP) is 2.02. The summed E-state index contributed by atoms with van der Waals surface area (Å²) in [5, 5.41) is 14.1. The average Bonchev–Trinajstić information content (AvgIpc) is 2.85. The molecule has 2 aromatic rings. The summed E-state index contributed by atoms with van der Waals surface area (Å²) in [6, 6.07) is 15.7. The van der Waals surface area contributed by atoms with Gasteiger partial charge in [0.15, 0.2) is 0 Å². The van der Waals surface area contributed by atoms with Gasteiger partial charge in [-0.2, -0.15) is 0 Å². The first kappa shape index (κ1) is 27.2. The standard InChI is InChI=1S/C26H31N3O6/c1-18(2)24(28-25(34)20-11-7-4-8-12-20)26(35)29(15-19-9-5-3-6-10-19)16-22(31)27-21(17-30)13-14-23(32)33/h3-12,17-18,21,24H,13-16H2,1-2H3,(H,27,31)(H,28,34)(H,32,33)/t21-,24+/m1/s1. The van der Waals surface area contributed by atoms with Crippen LogP contribution in [0.25, 0.3) is 0 Å². The maximum atomic E-state index is 13.5. The van der Waals surface area contributed by atoms with Crippen LogP contribution in [0.1, 0.15) is 42.6 Å². The molecule has 0 aliphatic carbocycles. The zero-order chi connectivity index (χ0) is 25.8. The minimum Gasteiger partial charge on any atom is -0.481 e. The lowest BCUT2D eigenvalue weighted by molar-refractivity contribution is -0.139. The van der Waals surface area contributed by atoms with Gasteiger partial charge >= 0.3 is 5.97 Å². The first-order chi connectivity index (χ1) is 16.7. The van der Waals surface area contributed by atoms with Crippen LogP contribution in [0.3, 0.4) is 0 Å². The molecule has 0 saturated carbocycles. The number of nitrogens with one attached hydrogen (secondary N) is 2. The van der Waals surface area contributed by atoms with Crippen LogP contribution in [-0.4, -0.2) is 58.6 Å². The van der Waals surface area contributed by atoms with Gasteiger partial charge in [-0.3, -0.25) is 19.2 Å². The lowest BCUT2D eigenvalue weighted by atomic mass is 10.0. The maximum absolute atomic E-state index is 13.5. The van der Waals surface area contributed by atoms with Crippen LogP contribution in [0.2, 0.25) is 0 Å². The summed E-state index contributed by atoms with van der Waals surface area (Å²) >= 11 is 0. The molecule has 0 spiro atoms. The van der Waals surface area contributed by atoms with Crippen molar-refractivity contribution in [1.29, 1.82) is 0 Å². The van der Waals surface area contributed by atoms with E-state index in [-0.39, 0.29) is 31.8 Å². The Kier molecular flexibility index (Phi) is 10.6. The molecule has 0 unspecified atom stereocenters. The summed E-state index contributed by atoms with van der Waals surface area (Å²) in [6.45, 7) is 3.33. The van der Waals surface area contributed by atoms with Crippen molar-refractivity contribution in [2.45, 2.75) is 45.3 Å². The summed E-state index contributed by atoms with van der Waals surface area (Å²) in [7, 11) is 0. The number of hydrogen-bond donors (Lipinski definition) is 3. The normalized spacial score (nSPS) is 12.3. The van der Waals surface area contributed by atoms with Gasteiger partial charge in [-0.1, -0.05) is 62.4 Å². The molecular formula is C26H31N3O6. The van der Waals surface area contributed by atoms with Crippen molar-refractivity contribution in [2.75, 3.05) is 6.54 Å². The van der Waals surface area contributed by atoms with Crippen molar-refractivity contribution in [3.63, 3.8) is 0 Å². The average molecular weight is 482 g/mol. The fourth-order valence-corrected chi connectivity index (χ4v) is 3.42. The number of hydrogen-bond acceptors (Lipinski definition) is 5. The Bertz CT molecular complexity index is 1010. The molecule has 0 aromatic heterocycles. The minimum absolute atomic E-state index is 0.0566. The van der Waals surface area contributed by atoms with Crippen molar-refractivity contribution in [3.8, 4) is 0 Å². The molecule has 9 nitrogen and oxygen atoms in total. The zero-order valence-electron chi connectivity index (χ0n) is 19.8. The van der Waals surface area contributed by atoms with E-state index in [0.717, 1.165) is 5.56 Å². The maximum Gasteiger partial charge on any atom is 0.303 e. The largest absolute Gasteiger partial charge is 0.481 e. The smallest absolute Gasteiger partial charge is 0.303 e. The molecule has 0 aliphatic heterocycles. The Labute approximate surface area is 204 Å². The van der Waals surface area contributed by atoms with Crippen LogP contribution in [0, 0.1) is 5.92 Å². The van der Waals surface area contributed by atoms with Gasteiger partial charge in [0.25, 0.3) is 5.91 Å². The highest BCUT2D eigenvalue weighted by molar-refractivity contribution is 5.98. The molecular weight excluding hydrogens is 450 g/mol. The fourth-order valence-electron chi connectivity index (χ4n) is 3.42. The molecule has 35 heavy (non-hydrogen) atoms. The molecule has 186 valence electrons. The number of aldehydes is 1. The third-order valence-electron chi connectivity index (χ3n) is 5.30. The molecule has 0 radical (unpaired) electrons. The second-order valence-corrected chi connectivity index (χ2v) is 8.48. The fraction of sp³-hybridized carbons (Fsp3) is 0.346. The number of carboxylic acids is 1. The number of benzene rings is 2. The van der Waals surface area contributed by atoms with E-state index in [9.17, 15) is 24.0 Å². The SMILES string of the molecule is CC(C)[C@H](NC(=O)c1ccccc1)C(=O)N(CC(=O)N[C@@H](C=O)CCC(=O)O)Cc1ccccc1. The minimum atomic E-state index is -1.08. The third kappa shape index (κ3) is 9.04. The molecule has 0 heterocycles. The summed E-state index contributed by atoms with van der Waals surface area (Å²) in [4.78, 5) is 62.4. The van der Waals surface area contributed by atoms with Crippen LogP contribution in [0.4, 0.5) is 0 Å².